The average Bonchev–Trinajstić information content (AvgIpc) is 2.62. The van der Waals surface area contributed by atoms with E-state index in [0.717, 1.165) is 0 Å². The van der Waals surface area contributed by atoms with Gasteiger partial charge in [-0.15, -0.1) is 0 Å². The molecule has 0 aliphatic heterocycles. The molecule has 0 bridgehead atoms. The molecule has 0 spiro atoms. The lowest BCUT2D eigenvalue weighted by atomic mass is 9.81. The van der Waals surface area contributed by atoms with E-state index in [1.54, 1.807) is 32.4 Å². The number of carboxylic acids is 1. The van der Waals surface area contributed by atoms with Gasteiger partial charge in [-0.2, -0.15) is 0 Å². The van der Waals surface area contributed by atoms with Gasteiger partial charge in [0, 0.05) is 24.8 Å². The zero-order valence-electron chi connectivity index (χ0n) is 14.6. The molecule has 7 nitrogen and oxygen atoms in total. The molecule has 0 atom stereocenters. The number of methoxy groups -OCH3 is 2. The number of carbonyl (C=O) groups is 2. The lowest BCUT2D eigenvalue weighted by molar-refractivity contribution is -0.143. The van der Waals surface area contributed by atoms with Gasteiger partial charge in [-0.1, -0.05) is 0 Å². The highest BCUT2D eigenvalue weighted by Gasteiger charge is 2.29. The molecule has 7 heteroatoms. The molecule has 2 N–H and O–H groups in total. The molecular weight excluding hydrogens is 326 g/mol. The molecule has 1 aromatic rings. The molecule has 0 aromatic heterocycles. The zero-order chi connectivity index (χ0) is 18.2. The second kappa shape index (κ2) is 9.27. The first-order valence-corrected chi connectivity index (χ1v) is 8.38. The maximum absolute atomic E-state index is 12.4. The predicted molar refractivity (Wildman–Crippen MR) is 92.1 cm³/mol. The van der Waals surface area contributed by atoms with Crippen molar-refractivity contribution >= 4 is 17.6 Å². The smallest absolute Gasteiger partial charge is 0.306 e. The van der Waals surface area contributed by atoms with E-state index >= 15 is 0 Å². The molecule has 0 unspecified atom stereocenters. The number of hydrogen-bond acceptors (Lipinski definition) is 5. The second-order valence-electron chi connectivity index (χ2n) is 6.08. The van der Waals surface area contributed by atoms with Crippen LogP contribution in [0.2, 0.25) is 0 Å². The largest absolute Gasteiger partial charge is 0.493 e. The average molecular weight is 351 g/mol. The number of carboxylic acid groups (broad SMARTS) is 1. The summed E-state index contributed by atoms with van der Waals surface area (Å²) in [5.74, 6) is -0.229. The van der Waals surface area contributed by atoms with Crippen LogP contribution < -0.4 is 14.8 Å². The topological polar surface area (TPSA) is 94.1 Å². The quantitative estimate of drug-likeness (QED) is 0.699. The maximum Gasteiger partial charge on any atom is 0.306 e. The Labute approximate surface area is 147 Å². The summed E-state index contributed by atoms with van der Waals surface area (Å²) < 4.78 is 15.8. The molecule has 25 heavy (non-hydrogen) atoms. The minimum absolute atomic E-state index is 0.0863. The molecule has 1 amide bonds. The van der Waals surface area contributed by atoms with E-state index in [4.69, 9.17) is 19.3 Å². The summed E-state index contributed by atoms with van der Waals surface area (Å²) in [5.41, 5.74) is 0.624. The molecule has 1 aliphatic rings. The number of anilines is 1. The first kappa shape index (κ1) is 19.1. The fourth-order valence-electron chi connectivity index (χ4n) is 2.95. The third-order valence-corrected chi connectivity index (χ3v) is 4.42. The van der Waals surface area contributed by atoms with Crippen molar-refractivity contribution in [3.8, 4) is 11.5 Å². The molecule has 2 rings (SSSR count). The van der Waals surface area contributed by atoms with E-state index in [0.29, 0.717) is 56.1 Å². The van der Waals surface area contributed by atoms with Crippen molar-refractivity contribution in [1.82, 2.24) is 0 Å². The van der Waals surface area contributed by atoms with E-state index in [1.165, 1.54) is 0 Å². The second-order valence-corrected chi connectivity index (χ2v) is 6.08. The Hall–Kier alpha value is -2.28. The summed E-state index contributed by atoms with van der Waals surface area (Å²) >= 11 is 0. The summed E-state index contributed by atoms with van der Waals surface area (Å²) in [6, 6.07) is 5.21. The highest BCUT2D eigenvalue weighted by Crippen LogP contribution is 2.32. The third kappa shape index (κ3) is 5.35. The van der Waals surface area contributed by atoms with Crippen LogP contribution in [-0.2, 0) is 14.3 Å². The van der Waals surface area contributed by atoms with Gasteiger partial charge in [0.15, 0.2) is 11.5 Å². The highest BCUT2D eigenvalue weighted by atomic mass is 16.5. The number of rotatable bonds is 8. The zero-order valence-corrected chi connectivity index (χ0v) is 14.6. The summed E-state index contributed by atoms with van der Waals surface area (Å²) in [4.78, 5) is 23.4. The van der Waals surface area contributed by atoms with Gasteiger partial charge in [-0.25, -0.2) is 0 Å². The van der Waals surface area contributed by atoms with Gasteiger partial charge in [-0.3, -0.25) is 9.59 Å². The van der Waals surface area contributed by atoms with Crippen LogP contribution in [0.3, 0.4) is 0 Å². The third-order valence-electron chi connectivity index (χ3n) is 4.42. The van der Waals surface area contributed by atoms with Crippen molar-refractivity contribution in [1.29, 1.82) is 0 Å². The summed E-state index contributed by atoms with van der Waals surface area (Å²) in [5, 5.41) is 11.9. The Morgan fingerprint density at radius 1 is 1.08 bits per heavy atom. The Balaban J connectivity index is 1.96. The monoisotopic (exact) mass is 351 g/mol. The Morgan fingerprint density at radius 3 is 2.36 bits per heavy atom. The normalized spacial score (nSPS) is 19.9. The molecule has 0 radical (unpaired) electrons. The molecule has 1 aliphatic carbocycles. The Bertz CT molecular complexity index is 595. The standard InChI is InChI=1S/C18H25NO6/c1-23-9-10-25-16-11-14(7-8-15(16)24-2)19-17(20)12-3-5-13(6-4-12)18(21)22/h7-8,11-13H,3-6,9-10H2,1-2H3,(H,19,20)(H,21,22). The van der Waals surface area contributed by atoms with Crippen molar-refractivity contribution in [3.63, 3.8) is 0 Å². The first-order valence-electron chi connectivity index (χ1n) is 8.38. The summed E-state index contributed by atoms with van der Waals surface area (Å²) in [7, 11) is 3.15. The predicted octanol–water partition coefficient (Wildman–Crippen LogP) is 2.55. The van der Waals surface area contributed by atoms with Crippen molar-refractivity contribution < 1.29 is 28.9 Å². The number of carbonyl (C=O) groups excluding carboxylic acids is 1. The molecule has 1 fully saturated rings. The van der Waals surface area contributed by atoms with Gasteiger partial charge >= 0.3 is 5.97 Å². The number of ether oxygens (including phenoxy) is 3. The number of amides is 1. The van der Waals surface area contributed by atoms with Crippen LogP contribution in [0.1, 0.15) is 25.7 Å². The molecule has 1 aromatic carbocycles. The molecule has 0 heterocycles. The summed E-state index contributed by atoms with van der Waals surface area (Å²) in [6.07, 6.45) is 2.27. The van der Waals surface area contributed by atoms with Crippen LogP contribution in [0.25, 0.3) is 0 Å². The summed E-state index contributed by atoms with van der Waals surface area (Å²) in [6.45, 7) is 0.829. The van der Waals surface area contributed by atoms with E-state index in [1.807, 2.05) is 0 Å². The molecule has 1 saturated carbocycles. The molecule has 0 saturated heterocycles. The Morgan fingerprint density at radius 2 is 1.76 bits per heavy atom. The number of benzene rings is 1. The fourth-order valence-corrected chi connectivity index (χ4v) is 2.95. The van der Waals surface area contributed by atoms with Crippen LogP contribution in [-0.4, -0.2) is 44.4 Å². The van der Waals surface area contributed by atoms with Crippen molar-refractivity contribution in [3.05, 3.63) is 18.2 Å². The van der Waals surface area contributed by atoms with Crippen LogP contribution in [0.5, 0.6) is 11.5 Å². The van der Waals surface area contributed by atoms with E-state index in [9.17, 15) is 9.59 Å². The molecule has 138 valence electrons. The van der Waals surface area contributed by atoms with Gasteiger partial charge < -0.3 is 24.6 Å². The van der Waals surface area contributed by atoms with E-state index in [2.05, 4.69) is 5.32 Å². The lowest BCUT2D eigenvalue weighted by Gasteiger charge is -2.25. The number of nitrogens with one attached hydrogen (secondary N) is 1. The maximum atomic E-state index is 12.4. The van der Waals surface area contributed by atoms with Gasteiger partial charge in [-0.05, 0) is 37.8 Å². The van der Waals surface area contributed by atoms with Crippen LogP contribution in [0.4, 0.5) is 5.69 Å². The van der Waals surface area contributed by atoms with Gasteiger partial charge in [0.05, 0.1) is 19.6 Å². The molecular formula is C18H25NO6. The first-order chi connectivity index (χ1) is 12.0. The highest BCUT2D eigenvalue weighted by molar-refractivity contribution is 5.93. The van der Waals surface area contributed by atoms with E-state index in [-0.39, 0.29) is 17.7 Å². The van der Waals surface area contributed by atoms with Crippen molar-refractivity contribution in [2.24, 2.45) is 11.8 Å². The Kier molecular flexibility index (Phi) is 7.06. The lowest BCUT2D eigenvalue weighted by Crippen LogP contribution is -2.29. The van der Waals surface area contributed by atoms with Crippen molar-refractivity contribution in [2.45, 2.75) is 25.7 Å². The van der Waals surface area contributed by atoms with Crippen LogP contribution >= 0.6 is 0 Å². The van der Waals surface area contributed by atoms with Crippen LogP contribution in [0.15, 0.2) is 18.2 Å². The van der Waals surface area contributed by atoms with E-state index < -0.39 is 5.97 Å². The fraction of sp³-hybridized carbons (Fsp3) is 0.556. The van der Waals surface area contributed by atoms with Gasteiger partial charge in [0.2, 0.25) is 5.91 Å². The SMILES string of the molecule is COCCOc1cc(NC(=O)C2CCC(C(=O)O)CC2)ccc1OC. The van der Waals surface area contributed by atoms with Crippen molar-refractivity contribution in [2.75, 3.05) is 32.8 Å². The van der Waals surface area contributed by atoms with Gasteiger partial charge in [0.1, 0.15) is 6.61 Å². The number of hydrogen-bond donors (Lipinski definition) is 2. The minimum atomic E-state index is -0.771. The number of aliphatic carboxylic acids is 1. The minimum Gasteiger partial charge on any atom is -0.493 e. The van der Waals surface area contributed by atoms with Crippen LogP contribution in [0, 0.1) is 11.8 Å². The van der Waals surface area contributed by atoms with Gasteiger partial charge in [0.25, 0.3) is 0 Å².